The van der Waals surface area contributed by atoms with Gasteiger partial charge in [-0.3, -0.25) is 4.79 Å². The molecule has 110 valence electrons. The lowest BCUT2D eigenvalue weighted by Crippen LogP contribution is -2.08. The molecule has 0 aromatic rings. The molecule has 19 heavy (non-hydrogen) atoms. The second-order valence-electron chi connectivity index (χ2n) is 5.83. The molecule has 2 heteroatoms. The van der Waals surface area contributed by atoms with Crippen molar-refractivity contribution in [1.29, 1.82) is 0 Å². The summed E-state index contributed by atoms with van der Waals surface area (Å²) < 4.78 is 5.17. The van der Waals surface area contributed by atoms with Crippen LogP contribution in [0.4, 0.5) is 0 Å². The Labute approximate surface area is 118 Å². The number of allylic oxidation sites excluding steroid dienone is 4. The van der Waals surface area contributed by atoms with E-state index in [0.29, 0.717) is 18.9 Å². The third-order valence-corrected chi connectivity index (χ3v) is 2.77. The Kier molecular flexibility index (Phi) is 10.2. The van der Waals surface area contributed by atoms with E-state index in [9.17, 15) is 4.79 Å². The molecular weight excluding hydrogens is 236 g/mol. The molecule has 0 radical (unpaired) electrons. The molecule has 0 saturated heterocycles. The normalized spacial score (nSPS) is 11.6. The van der Waals surface area contributed by atoms with Crippen LogP contribution in [0.5, 0.6) is 0 Å². The van der Waals surface area contributed by atoms with E-state index in [2.05, 4.69) is 32.9 Å². The highest BCUT2D eigenvalue weighted by atomic mass is 16.5. The minimum atomic E-state index is -0.0701. The lowest BCUT2D eigenvalue weighted by atomic mass is 10.1. The highest BCUT2D eigenvalue weighted by Gasteiger charge is 2.04. The average Bonchev–Trinajstić information content (AvgIpc) is 2.26. The van der Waals surface area contributed by atoms with Gasteiger partial charge in [0.15, 0.2) is 0 Å². The quantitative estimate of drug-likeness (QED) is 0.332. The smallest absolute Gasteiger partial charge is 0.306 e. The van der Waals surface area contributed by atoms with Crippen LogP contribution in [0.3, 0.4) is 0 Å². The van der Waals surface area contributed by atoms with Crippen molar-refractivity contribution in [3.05, 3.63) is 23.3 Å². The van der Waals surface area contributed by atoms with Gasteiger partial charge in [-0.05, 0) is 52.4 Å². The molecule has 0 unspecified atom stereocenters. The van der Waals surface area contributed by atoms with Crippen LogP contribution >= 0.6 is 0 Å². The van der Waals surface area contributed by atoms with Gasteiger partial charge in [-0.15, -0.1) is 0 Å². The minimum absolute atomic E-state index is 0.0701. The van der Waals surface area contributed by atoms with Gasteiger partial charge in [0.1, 0.15) is 0 Å². The van der Waals surface area contributed by atoms with Gasteiger partial charge in [0.25, 0.3) is 0 Å². The maximum Gasteiger partial charge on any atom is 0.306 e. The molecule has 0 saturated carbocycles. The summed E-state index contributed by atoms with van der Waals surface area (Å²) in [7, 11) is 0. The molecule has 0 N–H and O–H groups in total. The number of hydrogen-bond donors (Lipinski definition) is 0. The standard InChI is InChI=1S/C17H30O2/c1-14(2)9-8-11-16(5)10-6-7-12-19-17(18)13-15(3)4/h9-10,15H,6-8,11-13H2,1-5H3/b16-10-. The van der Waals surface area contributed by atoms with Crippen molar-refractivity contribution in [1.82, 2.24) is 0 Å². The van der Waals surface area contributed by atoms with Gasteiger partial charge in [-0.25, -0.2) is 0 Å². The SMILES string of the molecule is CC(C)=CCC/C(C)=C\CCCOC(=O)CC(C)C. The Morgan fingerprint density at radius 2 is 1.79 bits per heavy atom. The predicted molar refractivity (Wildman–Crippen MR) is 82.1 cm³/mol. The molecular formula is C17H30O2. The predicted octanol–water partition coefficient (Wildman–Crippen LogP) is 5.05. The largest absolute Gasteiger partial charge is 0.466 e. The zero-order valence-electron chi connectivity index (χ0n) is 13.3. The van der Waals surface area contributed by atoms with Crippen LogP contribution in [0, 0.1) is 5.92 Å². The highest BCUT2D eigenvalue weighted by molar-refractivity contribution is 5.69. The summed E-state index contributed by atoms with van der Waals surface area (Å²) in [5.74, 6) is 0.309. The van der Waals surface area contributed by atoms with Crippen molar-refractivity contribution in [2.75, 3.05) is 6.61 Å². The molecule has 0 rings (SSSR count). The van der Waals surface area contributed by atoms with E-state index >= 15 is 0 Å². The minimum Gasteiger partial charge on any atom is -0.466 e. The molecule has 0 aliphatic carbocycles. The maximum absolute atomic E-state index is 11.3. The molecule has 0 amide bonds. The summed E-state index contributed by atoms with van der Waals surface area (Å²) in [6, 6.07) is 0. The molecule has 0 atom stereocenters. The van der Waals surface area contributed by atoms with Gasteiger partial charge < -0.3 is 4.74 Å². The zero-order valence-corrected chi connectivity index (χ0v) is 13.3. The number of ether oxygens (including phenoxy) is 1. The third kappa shape index (κ3) is 13.2. The van der Waals surface area contributed by atoms with Gasteiger partial charge in [-0.2, -0.15) is 0 Å². The summed E-state index contributed by atoms with van der Waals surface area (Å²) in [6.07, 6.45) is 9.21. The van der Waals surface area contributed by atoms with Crippen LogP contribution in [0.1, 0.15) is 66.7 Å². The van der Waals surface area contributed by atoms with Gasteiger partial charge in [0.05, 0.1) is 6.61 Å². The van der Waals surface area contributed by atoms with Crippen LogP contribution in [0.2, 0.25) is 0 Å². The zero-order chi connectivity index (χ0) is 14.7. The molecule has 0 bridgehead atoms. The average molecular weight is 266 g/mol. The molecule has 0 spiro atoms. The van der Waals surface area contributed by atoms with Crippen molar-refractivity contribution < 1.29 is 9.53 Å². The topological polar surface area (TPSA) is 26.3 Å². The van der Waals surface area contributed by atoms with E-state index in [-0.39, 0.29) is 5.97 Å². The Morgan fingerprint density at radius 1 is 1.11 bits per heavy atom. The number of carbonyl (C=O) groups is 1. The Hall–Kier alpha value is -1.05. The second kappa shape index (κ2) is 10.8. The van der Waals surface area contributed by atoms with E-state index in [1.165, 1.54) is 11.1 Å². The molecule has 0 aliphatic heterocycles. The molecule has 0 aromatic heterocycles. The molecule has 2 nitrogen and oxygen atoms in total. The van der Waals surface area contributed by atoms with Crippen molar-refractivity contribution in [3.8, 4) is 0 Å². The van der Waals surface area contributed by atoms with Crippen molar-refractivity contribution in [2.45, 2.75) is 66.7 Å². The summed E-state index contributed by atoms with van der Waals surface area (Å²) in [4.78, 5) is 11.3. The highest BCUT2D eigenvalue weighted by Crippen LogP contribution is 2.09. The Balaban J connectivity index is 3.61. The molecule has 0 heterocycles. The van der Waals surface area contributed by atoms with Gasteiger partial charge in [0.2, 0.25) is 0 Å². The van der Waals surface area contributed by atoms with E-state index < -0.39 is 0 Å². The first kappa shape index (κ1) is 17.9. The fraction of sp³-hybridized carbons (Fsp3) is 0.706. The monoisotopic (exact) mass is 266 g/mol. The first-order chi connectivity index (χ1) is 8.91. The van der Waals surface area contributed by atoms with Gasteiger partial charge >= 0.3 is 5.97 Å². The van der Waals surface area contributed by atoms with Crippen LogP contribution in [0.15, 0.2) is 23.3 Å². The van der Waals surface area contributed by atoms with Crippen LogP contribution in [-0.2, 0) is 9.53 Å². The second-order valence-corrected chi connectivity index (χ2v) is 5.83. The van der Waals surface area contributed by atoms with Gasteiger partial charge in [0, 0.05) is 6.42 Å². The van der Waals surface area contributed by atoms with Crippen LogP contribution in [0.25, 0.3) is 0 Å². The fourth-order valence-corrected chi connectivity index (χ4v) is 1.70. The van der Waals surface area contributed by atoms with E-state index in [4.69, 9.17) is 4.74 Å². The number of esters is 1. The van der Waals surface area contributed by atoms with Crippen molar-refractivity contribution in [2.24, 2.45) is 5.92 Å². The molecule has 0 fully saturated rings. The summed E-state index contributed by atoms with van der Waals surface area (Å²) in [5, 5.41) is 0. The van der Waals surface area contributed by atoms with E-state index in [0.717, 1.165) is 25.7 Å². The number of hydrogen-bond acceptors (Lipinski definition) is 2. The van der Waals surface area contributed by atoms with Crippen LogP contribution in [-0.4, -0.2) is 12.6 Å². The number of rotatable bonds is 9. The Morgan fingerprint density at radius 3 is 2.37 bits per heavy atom. The first-order valence-electron chi connectivity index (χ1n) is 7.36. The summed E-state index contributed by atoms with van der Waals surface area (Å²) >= 11 is 0. The van der Waals surface area contributed by atoms with E-state index in [1.807, 2.05) is 13.8 Å². The lowest BCUT2D eigenvalue weighted by Gasteiger charge is -2.05. The van der Waals surface area contributed by atoms with Crippen molar-refractivity contribution in [3.63, 3.8) is 0 Å². The van der Waals surface area contributed by atoms with Crippen LogP contribution < -0.4 is 0 Å². The molecule has 0 aromatic carbocycles. The first-order valence-corrected chi connectivity index (χ1v) is 7.36. The fourth-order valence-electron chi connectivity index (χ4n) is 1.70. The lowest BCUT2D eigenvalue weighted by molar-refractivity contribution is -0.144. The van der Waals surface area contributed by atoms with Gasteiger partial charge in [-0.1, -0.05) is 37.1 Å². The maximum atomic E-state index is 11.3. The molecule has 0 aliphatic rings. The van der Waals surface area contributed by atoms with E-state index in [1.54, 1.807) is 0 Å². The van der Waals surface area contributed by atoms with Crippen molar-refractivity contribution >= 4 is 5.97 Å². The summed E-state index contributed by atoms with van der Waals surface area (Å²) in [5.41, 5.74) is 2.80. The summed E-state index contributed by atoms with van der Waals surface area (Å²) in [6.45, 7) is 11.0. The number of carbonyl (C=O) groups excluding carboxylic acids is 1. The third-order valence-electron chi connectivity index (χ3n) is 2.77. The number of unbranched alkanes of at least 4 members (excludes halogenated alkanes) is 1. The Bertz CT molecular complexity index is 307.